The van der Waals surface area contributed by atoms with Gasteiger partial charge in [-0.15, -0.1) is 0 Å². The zero-order chi connectivity index (χ0) is 17.9. The molecule has 1 aromatic heterocycles. The van der Waals surface area contributed by atoms with Crippen molar-refractivity contribution in [1.82, 2.24) is 10.2 Å². The average Bonchev–Trinajstić information content (AvgIpc) is 2.87. The van der Waals surface area contributed by atoms with Crippen molar-refractivity contribution in [3.8, 4) is 5.75 Å². The smallest absolute Gasteiger partial charge is 0.422 e. The predicted molar refractivity (Wildman–Crippen MR) is 83.4 cm³/mol. The maximum Gasteiger partial charge on any atom is 0.422 e. The van der Waals surface area contributed by atoms with Gasteiger partial charge in [0.15, 0.2) is 6.61 Å². The lowest BCUT2D eigenvalue weighted by Gasteiger charge is -2.11. The number of aromatic amines is 1. The molecule has 2 rings (SSSR count). The third-order valence-corrected chi connectivity index (χ3v) is 3.24. The first-order chi connectivity index (χ1) is 11.2. The summed E-state index contributed by atoms with van der Waals surface area (Å²) < 4.78 is 41.3. The number of aryl methyl sites for hydroxylation is 1. The summed E-state index contributed by atoms with van der Waals surface area (Å²) in [5.74, 6) is -0.298. The first kappa shape index (κ1) is 17.8. The molecule has 0 aliphatic rings. The van der Waals surface area contributed by atoms with Gasteiger partial charge in [0.1, 0.15) is 5.75 Å². The third kappa shape index (κ3) is 4.50. The molecule has 1 heterocycles. The van der Waals surface area contributed by atoms with Crippen LogP contribution in [-0.2, 0) is 0 Å². The van der Waals surface area contributed by atoms with Crippen molar-refractivity contribution in [3.05, 3.63) is 41.2 Å². The number of H-pyrrole nitrogens is 1. The molecule has 0 fully saturated rings. The molecule has 2 N–H and O–H groups in total. The molecule has 0 saturated carbocycles. The molecule has 0 radical (unpaired) electrons. The first-order valence-corrected chi connectivity index (χ1v) is 7.33. The SMILES string of the molecule is Cc1[nH]nc(C(C)C)c1C(=O)Nc1cccc(OCC(F)(F)F)c1. The van der Waals surface area contributed by atoms with Crippen LogP contribution in [0, 0.1) is 6.92 Å². The summed E-state index contributed by atoms with van der Waals surface area (Å²) in [4.78, 5) is 12.5. The monoisotopic (exact) mass is 341 g/mol. The Morgan fingerprint density at radius 2 is 2.08 bits per heavy atom. The molecule has 130 valence electrons. The fourth-order valence-electron chi connectivity index (χ4n) is 2.17. The van der Waals surface area contributed by atoms with E-state index in [1.165, 1.54) is 18.2 Å². The molecule has 0 bridgehead atoms. The molecular weight excluding hydrogens is 323 g/mol. The second-order valence-electron chi connectivity index (χ2n) is 5.65. The molecular formula is C16H18F3N3O2. The summed E-state index contributed by atoms with van der Waals surface area (Å²) in [6.07, 6.45) is -4.42. The highest BCUT2D eigenvalue weighted by atomic mass is 19.4. The zero-order valence-electron chi connectivity index (χ0n) is 13.5. The molecule has 0 aliphatic carbocycles. The normalized spacial score (nSPS) is 11.6. The lowest BCUT2D eigenvalue weighted by Crippen LogP contribution is -2.19. The number of hydrogen-bond acceptors (Lipinski definition) is 3. The van der Waals surface area contributed by atoms with Gasteiger partial charge >= 0.3 is 6.18 Å². The van der Waals surface area contributed by atoms with E-state index in [1.54, 1.807) is 13.0 Å². The molecule has 0 atom stereocenters. The van der Waals surface area contributed by atoms with Crippen molar-refractivity contribution in [3.63, 3.8) is 0 Å². The van der Waals surface area contributed by atoms with Crippen LogP contribution in [0.1, 0.15) is 41.5 Å². The highest BCUT2D eigenvalue weighted by Gasteiger charge is 2.28. The highest BCUT2D eigenvalue weighted by molar-refractivity contribution is 6.06. The molecule has 2 aromatic rings. The zero-order valence-corrected chi connectivity index (χ0v) is 13.5. The van der Waals surface area contributed by atoms with Crippen molar-refractivity contribution in [2.75, 3.05) is 11.9 Å². The van der Waals surface area contributed by atoms with Crippen LogP contribution in [0.4, 0.5) is 18.9 Å². The van der Waals surface area contributed by atoms with Crippen LogP contribution >= 0.6 is 0 Å². The van der Waals surface area contributed by atoms with Crippen molar-refractivity contribution in [2.24, 2.45) is 0 Å². The number of ether oxygens (including phenoxy) is 1. The van der Waals surface area contributed by atoms with E-state index in [4.69, 9.17) is 0 Å². The van der Waals surface area contributed by atoms with Crippen molar-refractivity contribution in [1.29, 1.82) is 0 Å². The maximum atomic E-state index is 12.5. The van der Waals surface area contributed by atoms with Crippen molar-refractivity contribution < 1.29 is 22.7 Å². The van der Waals surface area contributed by atoms with Crippen LogP contribution in [0.5, 0.6) is 5.75 Å². The largest absolute Gasteiger partial charge is 0.484 e. The molecule has 0 unspecified atom stereocenters. The number of carbonyl (C=O) groups is 1. The van der Waals surface area contributed by atoms with E-state index >= 15 is 0 Å². The number of hydrogen-bond donors (Lipinski definition) is 2. The van der Waals surface area contributed by atoms with Crippen LogP contribution in [0.3, 0.4) is 0 Å². The number of benzene rings is 1. The minimum atomic E-state index is -4.42. The molecule has 5 nitrogen and oxygen atoms in total. The quantitative estimate of drug-likeness (QED) is 0.863. The number of nitrogens with one attached hydrogen (secondary N) is 2. The second kappa shape index (κ2) is 6.94. The van der Waals surface area contributed by atoms with E-state index in [-0.39, 0.29) is 17.6 Å². The van der Waals surface area contributed by atoms with E-state index in [0.29, 0.717) is 22.6 Å². The van der Waals surface area contributed by atoms with Crippen molar-refractivity contribution in [2.45, 2.75) is 32.9 Å². The Morgan fingerprint density at radius 3 is 2.71 bits per heavy atom. The number of nitrogens with zero attached hydrogens (tertiary/aromatic N) is 1. The number of carbonyl (C=O) groups excluding carboxylic acids is 1. The summed E-state index contributed by atoms with van der Waals surface area (Å²) in [6, 6.07) is 5.81. The first-order valence-electron chi connectivity index (χ1n) is 7.33. The van der Waals surface area contributed by atoms with Gasteiger partial charge in [0.05, 0.1) is 11.3 Å². The molecule has 0 aliphatic heterocycles. The number of aromatic nitrogens is 2. The topological polar surface area (TPSA) is 67.0 Å². The number of alkyl halides is 3. The standard InChI is InChI=1S/C16H18F3N3O2/c1-9(2)14-13(10(3)21-22-14)15(23)20-11-5-4-6-12(7-11)24-8-16(17,18)19/h4-7,9H,8H2,1-3H3,(H,20,23)(H,21,22). The van der Waals surface area contributed by atoms with Gasteiger partial charge in [-0.1, -0.05) is 19.9 Å². The fraction of sp³-hybridized carbons (Fsp3) is 0.375. The highest BCUT2D eigenvalue weighted by Crippen LogP contribution is 2.24. The Balaban J connectivity index is 2.14. The van der Waals surface area contributed by atoms with Gasteiger partial charge in [0.2, 0.25) is 0 Å². The molecule has 8 heteroatoms. The average molecular weight is 341 g/mol. The number of amides is 1. The van der Waals surface area contributed by atoms with Crippen LogP contribution in [-0.4, -0.2) is 28.9 Å². The lowest BCUT2D eigenvalue weighted by atomic mass is 10.0. The Bertz CT molecular complexity index is 724. The van der Waals surface area contributed by atoms with Gasteiger partial charge in [-0.25, -0.2) is 0 Å². The summed E-state index contributed by atoms with van der Waals surface area (Å²) in [6.45, 7) is 4.18. The number of halogens is 3. The predicted octanol–water partition coefficient (Wildman–Crippen LogP) is 4.03. The Labute approximate surface area is 137 Å². The van der Waals surface area contributed by atoms with Crippen LogP contribution < -0.4 is 10.1 Å². The minimum absolute atomic E-state index is 0.0260. The number of anilines is 1. The van der Waals surface area contributed by atoms with Crippen LogP contribution in [0.2, 0.25) is 0 Å². The Kier molecular flexibility index (Phi) is 5.16. The van der Waals surface area contributed by atoms with Crippen LogP contribution in [0.25, 0.3) is 0 Å². The summed E-state index contributed by atoms with van der Waals surface area (Å²) in [7, 11) is 0. The molecule has 0 saturated heterocycles. The molecule has 1 amide bonds. The molecule has 24 heavy (non-hydrogen) atoms. The Morgan fingerprint density at radius 1 is 1.38 bits per heavy atom. The van der Waals surface area contributed by atoms with Gasteiger partial charge in [-0.05, 0) is 25.0 Å². The third-order valence-electron chi connectivity index (χ3n) is 3.24. The summed E-state index contributed by atoms with van der Waals surface area (Å²) >= 11 is 0. The van der Waals surface area contributed by atoms with Crippen LogP contribution in [0.15, 0.2) is 24.3 Å². The lowest BCUT2D eigenvalue weighted by molar-refractivity contribution is -0.153. The van der Waals surface area contributed by atoms with E-state index < -0.39 is 12.8 Å². The van der Waals surface area contributed by atoms with Gasteiger partial charge in [0.25, 0.3) is 5.91 Å². The minimum Gasteiger partial charge on any atom is -0.484 e. The second-order valence-corrected chi connectivity index (χ2v) is 5.65. The van der Waals surface area contributed by atoms with E-state index in [2.05, 4.69) is 20.3 Å². The number of rotatable bonds is 5. The summed E-state index contributed by atoms with van der Waals surface area (Å²) in [5, 5.41) is 9.55. The molecule has 1 aromatic carbocycles. The van der Waals surface area contributed by atoms with Gasteiger partial charge in [0, 0.05) is 17.4 Å². The van der Waals surface area contributed by atoms with Crippen molar-refractivity contribution >= 4 is 11.6 Å². The maximum absolute atomic E-state index is 12.5. The molecule has 0 spiro atoms. The van der Waals surface area contributed by atoms with E-state index in [0.717, 1.165) is 0 Å². The van der Waals surface area contributed by atoms with Gasteiger partial charge in [-0.2, -0.15) is 18.3 Å². The Hall–Kier alpha value is -2.51. The fourth-order valence-corrected chi connectivity index (χ4v) is 2.17. The summed E-state index contributed by atoms with van der Waals surface area (Å²) in [5.41, 5.74) is 2.04. The van der Waals surface area contributed by atoms with E-state index in [9.17, 15) is 18.0 Å². The van der Waals surface area contributed by atoms with E-state index in [1.807, 2.05) is 13.8 Å². The van der Waals surface area contributed by atoms with Gasteiger partial charge in [-0.3, -0.25) is 9.89 Å². The van der Waals surface area contributed by atoms with Gasteiger partial charge < -0.3 is 10.1 Å².